The van der Waals surface area contributed by atoms with Crippen LogP contribution in [0.25, 0.3) is 0 Å². The van der Waals surface area contributed by atoms with Crippen molar-refractivity contribution in [2.75, 3.05) is 27.2 Å². The summed E-state index contributed by atoms with van der Waals surface area (Å²) in [5, 5.41) is 0. The van der Waals surface area contributed by atoms with Crippen molar-refractivity contribution in [3.63, 3.8) is 0 Å². The van der Waals surface area contributed by atoms with Crippen molar-refractivity contribution in [1.29, 1.82) is 0 Å². The zero-order chi connectivity index (χ0) is 18.8. The van der Waals surface area contributed by atoms with Crippen LogP contribution in [-0.4, -0.2) is 48.8 Å². The number of benzene rings is 1. The van der Waals surface area contributed by atoms with Gasteiger partial charge in [0.05, 0.1) is 0 Å². The van der Waals surface area contributed by atoms with Gasteiger partial charge >= 0.3 is 0 Å². The Kier molecular flexibility index (Phi) is 5.37. The van der Waals surface area contributed by atoms with Crippen molar-refractivity contribution in [2.24, 2.45) is 11.1 Å². The summed E-state index contributed by atoms with van der Waals surface area (Å²) in [7, 11) is 4.34. The van der Waals surface area contributed by atoms with Gasteiger partial charge in [-0.05, 0) is 57.2 Å². The van der Waals surface area contributed by atoms with E-state index >= 15 is 0 Å². The first-order valence-corrected chi connectivity index (χ1v) is 9.66. The quantitative estimate of drug-likeness (QED) is 0.851. The van der Waals surface area contributed by atoms with Crippen LogP contribution in [0.4, 0.5) is 0 Å². The van der Waals surface area contributed by atoms with Gasteiger partial charge in [0.1, 0.15) is 0 Å². The number of hydrogen-bond donors (Lipinski definition) is 1. The van der Waals surface area contributed by atoms with Crippen molar-refractivity contribution in [3.05, 3.63) is 35.9 Å². The molecule has 1 saturated heterocycles. The maximum Gasteiger partial charge on any atom is 0.223 e. The standard InChI is InChI=1S/C21H31N3O2/c1-23(2)21(17-7-4-3-5-8-17)12-10-20(11-13-21)15-19(26)24(16-20)14-6-9-18(22)25/h3-5,7-8H,6,9-16H2,1-2H3,(H2,22,25). The molecular weight excluding hydrogens is 326 g/mol. The summed E-state index contributed by atoms with van der Waals surface area (Å²) >= 11 is 0. The molecule has 0 atom stereocenters. The van der Waals surface area contributed by atoms with E-state index in [4.69, 9.17) is 5.73 Å². The Bertz CT molecular complexity index is 648. The van der Waals surface area contributed by atoms with Gasteiger partial charge in [-0.3, -0.25) is 14.5 Å². The van der Waals surface area contributed by atoms with Gasteiger partial charge in [0.15, 0.2) is 0 Å². The van der Waals surface area contributed by atoms with Crippen LogP contribution in [-0.2, 0) is 15.1 Å². The molecule has 0 unspecified atom stereocenters. The maximum absolute atomic E-state index is 12.5. The third kappa shape index (κ3) is 3.63. The van der Waals surface area contributed by atoms with E-state index in [2.05, 4.69) is 49.3 Å². The summed E-state index contributed by atoms with van der Waals surface area (Å²) < 4.78 is 0. The summed E-state index contributed by atoms with van der Waals surface area (Å²) in [4.78, 5) is 27.7. The van der Waals surface area contributed by atoms with E-state index < -0.39 is 0 Å². The molecule has 142 valence electrons. The number of likely N-dealkylation sites (tertiary alicyclic amines) is 1. The van der Waals surface area contributed by atoms with Crippen molar-refractivity contribution in [2.45, 2.75) is 50.5 Å². The molecule has 2 fully saturated rings. The lowest BCUT2D eigenvalue weighted by Gasteiger charge is -2.48. The molecule has 3 rings (SSSR count). The number of nitrogens with two attached hydrogens (primary N) is 1. The SMILES string of the molecule is CN(C)C1(c2ccccc2)CCC2(CC1)CC(=O)N(CCCC(N)=O)C2. The largest absolute Gasteiger partial charge is 0.370 e. The molecule has 1 aromatic rings. The Morgan fingerprint density at radius 2 is 1.81 bits per heavy atom. The number of carbonyl (C=O) groups excluding carboxylic acids is 2. The molecule has 2 N–H and O–H groups in total. The number of nitrogens with zero attached hydrogens (tertiary/aromatic N) is 2. The molecule has 1 heterocycles. The highest BCUT2D eigenvalue weighted by Gasteiger charge is 2.49. The smallest absolute Gasteiger partial charge is 0.223 e. The molecule has 1 saturated carbocycles. The molecule has 2 aliphatic rings. The Hall–Kier alpha value is -1.88. The van der Waals surface area contributed by atoms with Crippen LogP contribution < -0.4 is 5.73 Å². The highest BCUT2D eigenvalue weighted by atomic mass is 16.2. The molecule has 1 aliphatic carbocycles. The summed E-state index contributed by atoms with van der Waals surface area (Å²) in [6.45, 7) is 1.49. The molecule has 0 radical (unpaired) electrons. The highest BCUT2D eigenvalue weighted by molar-refractivity contribution is 5.79. The van der Waals surface area contributed by atoms with Gasteiger partial charge in [0, 0.05) is 31.5 Å². The van der Waals surface area contributed by atoms with Crippen molar-refractivity contribution in [3.8, 4) is 0 Å². The number of primary amides is 1. The molecule has 1 aromatic carbocycles. The van der Waals surface area contributed by atoms with Gasteiger partial charge in [-0.15, -0.1) is 0 Å². The molecule has 26 heavy (non-hydrogen) atoms. The Balaban J connectivity index is 1.67. The number of amides is 2. The first kappa shape index (κ1) is 18.9. The van der Waals surface area contributed by atoms with Crippen LogP contribution >= 0.6 is 0 Å². The predicted octanol–water partition coefficient (Wildman–Crippen LogP) is 2.50. The van der Waals surface area contributed by atoms with Crippen LogP contribution in [0.2, 0.25) is 0 Å². The third-order valence-corrected chi connectivity index (χ3v) is 6.56. The summed E-state index contributed by atoms with van der Waals surface area (Å²) in [6.07, 6.45) is 5.97. The lowest BCUT2D eigenvalue weighted by molar-refractivity contribution is -0.128. The molecule has 0 aromatic heterocycles. The first-order chi connectivity index (χ1) is 12.4. The Morgan fingerprint density at radius 1 is 1.15 bits per heavy atom. The highest BCUT2D eigenvalue weighted by Crippen LogP contribution is 2.52. The summed E-state index contributed by atoms with van der Waals surface area (Å²) in [6, 6.07) is 10.8. The Labute approximate surface area is 156 Å². The van der Waals surface area contributed by atoms with Crippen molar-refractivity contribution < 1.29 is 9.59 Å². The number of hydrogen-bond acceptors (Lipinski definition) is 3. The zero-order valence-electron chi connectivity index (χ0n) is 16.0. The van der Waals surface area contributed by atoms with Gasteiger partial charge in [-0.25, -0.2) is 0 Å². The molecule has 5 nitrogen and oxygen atoms in total. The lowest BCUT2D eigenvalue weighted by atomic mass is 9.64. The van der Waals surface area contributed by atoms with Gasteiger partial charge in [0.2, 0.25) is 11.8 Å². The van der Waals surface area contributed by atoms with Crippen molar-refractivity contribution in [1.82, 2.24) is 9.80 Å². The minimum atomic E-state index is -0.289. The van der Waals surface area contributed by atoms with E-state index in [1.54, 1.807) is 0 Å². The Morgan fingerprint density at radius 3 is 2.38 bits per heavy atom. The van der Waals surface area contributed by atoms with Crippen LogP contribution in [0.1, 0.15) is 50.5 Å². The molecule has 5 heteroatoms. The maximum atomic E-state index is 12.5. The van der Waals surface area contributed by atoms with E-state index in [0.717, 1.165) is 32.2 Å². The minimum absolute atomic E-state index is 0.0644. The normalized spacial score (nSPS) is 28.9. The molecule has 2 amide bonds. The predicted molar refractivity (Wildman–Crippen MR) is 102 cm³/mol. The van der Waals surface area contributed by atoms with Gasteiger partial charge in [-0.2, -0.15) is 0 Å². The second-order valence-corrected chi connectivity index (χ2v) is 8.35. The molecular formula is C21H31N3O2. The van der Waals surface area contributed by atoms with E-state index in [9.17, 15) is 9.59 Å². The number of rotatable bonds is 6. The van der Waals surface area contributed by atoms with Crippen molar-refractivity contribution >= 4 is 11.8 Å². The second kappa shape index (κ2) is 7.39. The summed E-state index contributed by atoms with van der Waals surface area (Å²) in [5.41, 5.74) is 6.77. The molecule has 1 aliphatic heterocycles. The lowest BCUT2D eigenvalue weighted by Crippen LogP contribution is -2.47. The van der Waals surface area contributed by atoms with E-state index in [1.807, 2.05) is 4.90 Å². The van der Waals surface area contributed by atoms with E-state index in [-0.39, 0.29) is 22.8 Å². The molecule has 0 bridgehead atoms. The average Bonchev–Trinajstić information content (AvgIpc) is 2.91. The average molecular weight is 357 g/mol. The van der Waals surface area contributed by atoms with Crippen LogP contribution in [0.3, 0.4) is 0 Å². The number of carbonyl (C=O) groups is 2. The van der Waals surface area contributed by atoms with E-state index in [0.29, 0.717) is 25.8 Å². The van der Waals surface area contributed by atoms with Gasteiger partial charge < -0.3 is 10.6 Å². The fourth-order valence-electron chi connectivity index (χ4n) is 4.90. The van der Waals surface area contributed by atoms with Gasteiger partial charge in [-0.1, -0.05) is 30.3 Å². The fourth-order valence-corrected chi connectivity index (χ4v) is 4.90. The van der Waals surface area contributed by atoms with Crippen LogP contribution in [0, 0.1) is 5.41 Å². The zero-order valence-corrected chi connectivity index (χ0v) is 16.0. The topological polar surface area (TPSA) is 66.6 Å². The van der Waals surface area contributed by atoms with Crippen LogP contribution in [0.5, 0.6) is 0 Å². The minimum Gasteiger partial charge on any atom is -0.370 e. The van der Waals surface area contributed by atoms with Gasteiger partial charge in [0.25, 0.3) is 0 Å². The first-order valence-electron chi connectivity index (χ1n) is 9.66. The monoisotopic (exact) mass is 357 g/mol. The fraction of sp³-hybridized carbons (Fsp3) is 0.619. The molecule has 1 spiro atoms. The third-order valence-electron chi connectivity index (χ3n) is 6.56. The summed E-state index contributed by atoms with van der Waals surface area (Å²) in [5.74, 6) is -0.0470. The van der Waals surface area contributed by atoms with E-state index in [1.165, 1.54) is 5.56 Å². The van der Waals surface area contributed by atoms with Crippen LogP contribution in [0.15, 0.2) is 30.3 Å². The second-order valence-electron chi connectivity index (χ2n) is 8.35.